The van der Waals surface area contributed by atoms with Crippen LogP contribution in [0.15, 0.2) is 42.6 Å². The van der Waals surface area contributed by atoms with Crippen LogP contribution in [-0.4, -0.2) is 11.0 Å². The number of hydrogen-bond acceptors (Lipinski definition) is 4. The molecule has 0 amide bonds. The van der Waals surface area contributed by atoms with Gasteiger partial charge in [-0.2, -0.15) is 0 Å². The summed E-state index contributed by atoms with van der Waals surface area (Å²) in [6.07, 6.45) is 2.43. The van der Waals surface area contributed by atoms with Crippen molar-refractivity contribution in [3.8, 4) is 5.75 Å². The van der Waals surface area contributed by atoms with E-state index in [1.54, 1.807) is 24.3 Å². The van der Waals surface area contributed by atoms with E-state index in [0.29, 0.717) is 17.9 Å². The molecule has 2 N–H and O–H groups in total. The second-order valence-corrected chi connectivity index (χ2v) is 4.13. The summed E-state index contributed by atoms with van der Waals surface area (Å²) in [5, 5.41) is 0. The molecular weight excluding hydrogens is 240 g/mol. The summed E-state index contributed by atoms with van der Waals surface area (Å²) < 4.78 is 5.26. The largest absolute Gasteiger partial charge is 0.423 e. The van der Waals surface area contributed by atoms with Crippen LogP contribution >= 0.6 is 0 Å². The van der Waals surface area contributed by atoms with Gasteiger partial charge in [0.05, 0.1) is 11.3 Å². The minimum atomic E-state index is -0.416. The zero-order chi connectivity index (χ0) is 13.7. The first kappa shape index (κ1) is 13.2. The highest BCUT2D eigenvalue weighted by Crippen LogP contribution is 2.14. The van der Waals surface area contributed by atoms with Gasteiger partial charge >= 0.3 is 5.97 Å². The molecule has 4 heteroatoms. The summed E-state index contributed by atoms with van der Waals surface area (Å²) in [6.45, 7) is 2.43. The Morgan fingerprint density at radius 3 is 2.47 bits per heavy atom. The number of carbonyl (C=O) groups is 1. The molecule has 0 spiro atoms. The quantitative estimate of drug-likeness (QED) is 0.673. The Kier molecular flexibility index (Phi) is 4.26. The van der Waals surface area contributed by atoms with Gasteiger partial charge in [-0.3, -0.25) is 4.98 Å². The lowest BCUT2D eigenvalue weighted by molar-refractivity contribution is 0.0734. The summed E-state index contributed by atoms with van der Waals surface area (Å²) in [4.78, 5) is 15.9. The lowest BCUT2D eigenvalue weighted by atomic mass is 10.2. The van der Waals surface area contributed by atoms with E-state index in [1.807, 2.05) is 12.1 Å². The van der Waals surface area contributed by atoms with Gasteiger partial charge < -0.3 is 10.5 Å². The van der Waals surface area contributed by atoms with Crippen LogP contribution in [0.2, 0.25) is 0 Å². The molecule has 2 rings (SSSR count). The summed E-state index contributed by atoms with van der Waals surface area (Å²) >= 11 is 0. The summed E-state index contributed by atoms with van der Waals surface area (Å²) in [7, 11) is 0. The molecule has 0 aliphatic rings. The summed E-state index contributed by atoms with van der Waals surface area (Å²) in [6, 6.07) is 10.8. The molecule has 0 fully saturated rings. The molecular formula is C15H16N2O2. The summed E-state index contributed by atoms with van der Waals surface area (Å²) in [5.74, 6) is 0.116. The molecule has 0 radical (unpaired) electrons. The Labute approximate surface area is 112 Å². The van der Waals surface area contributed by atoms with Gasteiger partial charge in [0.25, 0.3) is 0 Å². The molecule has 98 valence electrons. The number of aryl methyl sites for hydroxylation is 1. The Morgan fingerprint density at radius 1 is 1.21 bits per heavy atom. The van der Waals surface area contributed by atoms with E-state index in [-0.39, 0.29) is 0 Å². The van der Waals surface area contributed by atoms with E-state index in [9.17, 15) is 4.79 Å². The number of ether oxygens (including phenoxy) is 1. The molecule has 4 nitrogen and oxygen atoms in total. The van der Waals surface area contributed by atoms with E-state index >= 15 is 0 Å². The maximum absolute atomic E-state index is 11.9. The fourth-order valence-corrected chi connectivity index (χ4v) is 1.63. The van der Waals surface area contributed by atoms with Crippen molar-refractivity contribution < 1.29 is 9.53 Å². The van der Waals surface area contributed by atoms with E-state index in [2.05, 4.69) is 11.9 Å². The molecule has 0 saturated heterocycles. The second kappa shape index (κ2) is 6.11. The zero-order valence-corrected chi connectivity index (χ0v) is 10.8. The first-order chi connectivity index (χ1) is 9.22. The number of nitrogens with zero attached hydrogens (tertiary/aromatic N) is 1. The molecule has 0 aliphatic heterocycles. The van der Waals surface area contributed by atoms with E-state index in [1.165, 1.54) is 11.8 Å². The van der Waals surface area contributed by atoms with Crippen LogP contribution < -0.4 is 10.5 Å². The predicted molar refractivity (Wildman–Crippen MR) is 72.9 cm³/mol. The van der Waals surface area contributed by atoms with Crippen LogP contribution in [0.4, 0.5) is 0 Å². The highest BCUT2D eigenvalue weighted by Gasteiger charge is 2.08. The molecule has 1 aromatic heterocycles. The zero-order valence-electron chi connectivity index (χ0n) is 10.8. The topological polar surface area (TPSA) is 65.2 Å². The number of aromatic nitrogens is 1. The smallest absolute Gasteiger partial charge is 0.345 e. The molecule has 0 bridgehead atoms. The Hall–Kier alpha value is -2.20. The van der Waals surface area contributed by atoms with Crippen LogP contribution in [0, 0.1) is 0 Å². The van der Waals surface area contributed by atoms with Crippen molar-refractivity contribution in [1.29, 1.82) is 0 Å². The average molecular weight is 256 g/mol. The van der Waals surface area contributed by atoms with Crippen LogP contribution in [0.5, 0.6) is 5.75 Å². The van der Waals surface area contributed by atoms with Crippen LogP contribution in [0.25, 0.3) is 0 Å². The highest BCUT2D eigenvalue weighted by atomic mass is 16.5. The summed E-state index contributed by atoms with van der Waals surface area (Å²) in [5.41, 5.74) is 7.80. The number of benzene rings is 1. The molecule has 0 saturated carbocycles. The fraction of sp³-hybridized carbons (Fsp3) is 0.200. The van der Waals surface area contributed by atoms with Crippen LogP contribution in [0.3, 0.4) is 0 Å². The molecule has 1 aromatic carbocycles. The van der Waals surface area contributed by atoms with E-state index in [4.69, 9.17) is 10.5 Å². The fourth-order valence-electron chi connectivity index (χ4n) is 1.63. The molecule has 0 aliphatic carbocycles. The third-order valence-electron chi connectivity index (χ3n) is 2.81. The van der Waals surface area contributed by atoms with Crippen LogP contribution in [-0.2, 0) is 13.0 Å². The van der Waals surface area contributed by atoms with Gasteiger partial charge in [-0.1, -0.05) is 19.1 Å². The predicted octanol–water partition coefficient (Wildman–Crippen LogP) is 2.32. The van der Waals surface area contributed by atoms with Crippen molar-refractivity contribution in [3.63, 3.8) is 0 Å². The first-order valence-electron chi connectivity index (χ1n) is 6.19. The number of hydrogen-bond donors (Lipinski definition) is 1. The highest BCUT2D eigenvalue weighted by molar-refractivity contribution is 5.90. The standard InChI is InChI=1S/C15H16N2O2/c1-2-11-3-7-14(8-4-11)19-15(18)12-5-6-13(9-16)17-10-12/h3-8,10H,2,9,16H2,1H3. The lowest BCUT2D eigenvalue weighted by Crippen LogP contribution is -2.10. The van der Waals surface area contributed by atoms with Crippen molar-refractivity contribution in [1.82, 2.24) is 4.98 Å². The van der Waals surface area contributed by atoms with Gasteiger partial charge in [-0.15, -0.1) is 0 Å². The van der Waals surface area contributed by atoms with Crippen molar-refractivity contribution >= 4 is 5.97 Å². The number of pyridine rings is 1. The monoisotopic (exact) mass is 256 g/mol. The van der Waals surface area contributed by atoms with Gasteiger partial charge in [0, 0.05) is 12.7 Å². The van der Waals surface area contributed by atoms with E-state index < -0.39 is 5.97 Å². The lowest BCUT2D eigenvalue weighted by Gasteiger charge is -2.05. The molecule has 1 heterocycles. The van der Waals surface area contributed by atoms with Crippen molar-refractivity contribution in [2.24, 2.45) is 5.73 Å². The number of nitrogens with two attached hydrogens (primary N) is 1. The molecule has 19 heavy (non-hydrogen) atoms. The van der Waals surface area contributed by atoms with Crippen molar-refractivity contribution in [3.05, 3.63) is 59.4 Å². The van der Waals surface area contributed by atoms with E-state index in [0.717, 1.165) is 12.1 Å². The van der Waals surface area contributed by atoms with Gasteiger partial charge in [0.1, 0.15) is 5.75 Å². The molecule has 0 atom stereocenters. The third kappa shape index (κ3) is 3.39. The SMILES string of the molecule is CCc1ccc(OC(=O)c2ccc(CN)nc2)cc1. The number of rotatable bonds is 4. The maximum Gasteiger partial charge on any atom is 0.345 e. The minimum Gasteiger partial charge on any atom is -0.423 e. The first-order valence-corrected chi connectivity index (χ1v) is 6.19. The number of esters is 1. The minimum absolute atomic E-state index is 0.355. The maximum atomic E-state index is 11.9. The third-order valence-corrected chi connectivity index (χ3v) is 2.81. The van der Waals surface area contributed by atoms with Crippen molar-refractivity contribution in [2.75, 3.05) is 0 Å². The van der Waals surface area contributed by atoms with Crippen LogP contribution in [0.1, 0.15) is 28.5 Å². The van der Waals surface area contributed by atoms with Gasteiger partial charge in [0.2, 0.25) is 0 Å². The number of carbonyl (C=O) groups excluding carboxylic acids is 1. The van der Waals surface area contributed by atoms with Crippen molar-refractivity contribution in [2.45, 2.75) is 19.9 Å². The average Bonchev–Trinajstić information content (AvgIpc) is 2.48. The Morgan fingerprint density at radius 2 is 1.95 bits per heavy atom. The second-order valence-electron chi connectivity index (χ2n) is 4.13. The van der Waals surface area contributed by atoms with Gasteiger partial charge in [-0.25, -0.2) is 4.79 Å². The molecule has 0 unspecified atom stereocenters. The van der Waals surface area contributed by atoms with Gasteiger partial charge in [0.15, 0.2) is 0 Å². The molecule has 2 aromatic rings. The Balaban J connectivity index is 2.06. The Bertz CT molecular complexity index is 547. The van der Waals surface area contributed by atoms with Gasteiger partial charge in [-0.05, 0) is 36.2 Å². The normalized spacial score (nSPS) is 10.2.